The lowest BCUT2D eigenvalue weighted by atomic mass is 10.2. The van der Waals surface area contributed by atoms with Gasteiger partial charge in [-0.15, -0.1) is 0 Å². The van der Waals surface area contributed by atoms with Crippen molar-refractivity contribution in [3.8, 4) is 22.8 Å². The molecule has 0 unspecified atom stereocenters. The molecule has 0 atom stereocenters. The molecule has 0 spiro atoms. The summed E-state index contributed by atoms with van der Waals surface area (Å²) in [6.07, 6.45) is 7.97. The molecule has 142 valence electrons. The molecule has 0 radical (unpaired) electrons. The van der Waals surface area contributed by atoms with Crippen LogP contribution in [0.15, 0.2) is 52.0 Å². The Kier molecular flexibility index (Phi) is 4.66. The van der Waals surface area contributed by atoms with E-state index in [1.807, 2.05) is 24.5 Å². The van der Waals surface area contributed by atoms with Crippen molar-refractivity contribution >= 4 is 27.0 Å². The zero-order chi connectivity index (χ0) is 18.9. The number of benzene rings is 1. The SMILES string of the molecule is Brc1cncc(-c2nc(-c3ccc4c(c3)ncn4CCN3CCCC3)no2)c1. The summed E-state index contributed by atoms with van der Waals surface area (Å²) in [5, 5.41) is 4.12. The number of pyridine rings is 1. The maximum atomic E-state index is 5.42. The Hall–Kier alpha value is -2.58. The van der Waals surface area contributed by atoms with Crippen LogP contribution in [0.4, 0.5) is 0 Å². The number of aromatic nitrogens is 5. The summed E-state index contributed by atoms with van der Waals surface area (Å²) >= 11 is 3.41. The Morgan fingerprint density at radius 3 is 2.79 bits per heavy atom. The summed E-state index contributed by atoms with van der Waals surface area (Å²) in [5.41, 5.74) is 3.73. The van der Waals surface area contributed by atoms with E-state index in [0.717, 1.165) is 39.7 Å². The van der Waals surface area contributed by atoms with Crippen LogP contribution in [-0.4, -0.2) is 49.2 Å². The molecule has 1 aliphatic heterocycles. The van der Waals surface area contributed by atoms with Crippen LogP contribution >= 0.6 is 15.9 Å². The fourth-order valence-corrected chi connectivity index (χ4v) is 3.99. The Bertz CT molecular complexity index is 1110. The summed E-state index contributed by atoms with van der Waals surface area (Å²) < 4.78 is 8.50. The topological polar surface area (TPSA) is 72.9 Å². The molecule has 8 heteroatoms. The van der Waals surface area contributed by atoms with Gasteiger partial charge in [0.25, 0.3) is 5.89 Å². The lowest BCUT2D eigenvalue weighted by molar-refractivity contribution is 0.324. The van der Waals surface area contributed by atoms with E-state index in [4.69, 9.17) is 4.52 Å². The number of halogens is 1. The van der Waals surface area contributed by atoms with E-state index in [2.05, 4.69) is 51.6 Å². The van der Waals surface area contributed by atoms with Gasteiger partial charge in [0, 0.05) is 35.5 Å². The standard InChI is InChI=1S/C20H19BrN6O/c21-16-9-15(11-22-12-16)20-24-19(25-28-20)14-3-4-18-17(10-14)23-13-27(18)8-7-26-5-1-2-6-26/h3-4,9-13H,1-2,5-8H2. The van der Waals surface area contributed by atoms with Gasteiger partial charge in [0.1, 0.15) is 0 Å². The van der Waals surface area contributed by atoms with Crippen molar-refractivity contribution in [2.45, 2.75) is 19.4 Å². The summed E-state index contributed by atoms with van der Waals surface area (Å²) in [7, 11) is 0. The van der Waals surface area contributed by atoms with Crippen LogP contribution in [0.5, 0.6) is 0 Å². The molecule has 0 N–H and O–H groups in total. The van der Waals surface area contributed by atoms with E-state index in [1.54, 1.807) is 12.4 Å². The fourth-order valence-electron chi connectivity index (χ4n) is 3.62. The van der Waals surface area contributed by atoms with Gasteiger partial charge in [-0.25, -0.2) is 4.98 Å². The van der Waals surface area contributed by atoms with Crippen LogP contribution < -0.4 is 0 Å². The first kappa shape index (κ1) is 17.5. The Balaban J connectivity index is 1.38. The zero-order valence-electron chi connectivity index (χ0n) is 15.3. The maximum Gasteiger partial charge on any atom is 0.259 e. The number of fused-ring (bicyclic) bond motifs is 1. The number of hydrogen-bond donors (Lipinski definition) is 0. The smallest absolute Gasteiger partial charge is 0.259 e. The maximum absolute atomic E-state index is 5.42. The number of rotatable bonds is 5. The van der Waals surface area contributed by atoms with Crippen LogP contribution in [0, 0.1) is 0 Å². The average molecular weight is 439 g/mol. The van der Waals surface area contributed by atoms with Gasteiger partial charge in [-0.05, 0) is 66.1 Å². The van der Waals surface area contributed by atoms with Crippen molar-refractivity contribution in [2.24, 2.45) is 0 Å². The van der Waals surface area contributed by atoms with E-state index >= 15 is 0 Å². The first-order chi connectivity index (χ1) is 13.8. The van der Waals surface area contributed by atoms with E-state index in [-0.39, 0.29) is 0 Å². The molecule has 0 amide bonds. The quantitative estimate of drug-likeness (QED) is 0.468. The van der Waals surface area contributed by atoms with Crippen molar-refractivity contribution in [1.82, 2.24) is 29.6 Å². The predicted octanol–water partition coefficient (Wildman–Crippen LogP) is 4.01. The van der Waals surface area contributed by atoms with Crippen molar-refractivity contribution in [1.29, 1.82) is 0 Å². The van der Waals surface area contributed by atoms with Crippen LogP contribution in [0.2, 0.25) is 0 Å². The second-order valence-corrected chi connectivity index (χ2v) is 7.92. The zero-order valence-corrected chi connectivity index (χ0v) is 16.8. The molecule has 5 rings (SSSR count). The van der Waals surface area contributed by atoms with Gasteiger partial charge < -0.3 is 14.0 Å². The molecule has 1 aliphatic rings. The average Bonchev–Trinajstić information content (AvgIpc) is 3.46. The van der Waals surface area contributed by atoms with Crippen molar-refractivity contribution in [2.75, 3.05) is 19.6 Å². The van der Waals surface area contributed by atoms with Crippen molar-refractivity contribution < 1.29 is 4.52 Å². The first-order valence-corrected chi connectivity index (χ1v) is 10.2. The monoisotopic (exact) mass is 438 g/mol. The molecule has 1 fully saturated rings. The van der Waals surface area contributed by atoms with Gasteiger partial charge in [0.05, 0.1) is 22.9 Å². The minimum absolute atomic E-state index is 0.444. The second kappa shape index (κ2) is 7.44. The van der Waals surface area contributed by atoms with Crippen molar-refractivity contribution in [3.05, 3.63) is 47.5 Å². The van der Waals surface area contributed by atoms with Gasteiger partial charge in [-0.3, -0.25) is 4.98 Å². The predicted molar refractivity (Wildman–Crippen MR) is 110 cm³/mol. The minimum atomic E-state index is 0.444. The van der Waals surface area contributed by atoms with Gasteiger partial charge in [0.2, 0.25) is 5.82 Å². The van der Waals surface area contributed by atoms with Crippen LogP contribution in [-0.2, 0) is 6.54 Å². The molecule has 4 aromatic rings. The third-order valence-electron chi connectivity index (χ3n) is 5.11. The van der Waals surface area contributed by atoms with Crippen LogP contribution in [0.3, 0.4) is 0 Å². The van der Waals surface area contributed by atoms with E-state index in [1.165, 1.54) is 25.9 Å². The molecule has 1 aromatic carbocycles. The number of imidazole rings is 1. The molecule has 4 heterocycles. The van der Waals surface area contributed by atoms with Crippen molar-refractivity contribution in [3.63, 3.8) is 0 Å². The second-order valence-electron chi connectivity index (χ2n) is 7.01. The molecule has 0 saturated carbocycles. The molecular formula is C20H19BrN6O. The highest BCUT2D eigenvalue weighted by Gasteiger charge is 2.14. The largest absolute Gasteiger partial charge is 0.334 e. The van der Waals surface area contributed by atoms with Gasteiger partial charge in [-0.2, -0.15) is 4.98 Å². The van der Waals surface area contributed by atoms with Gasteiger partial charge in [-0.1, -0.05) is 5.16 Å². The Morgan fingerprint density at radius 2 is 1.93 bits per heavy atom. The molecule has 1 saturated heterocycles. The normalized spacial score (nSPS) is 14.9. The van der Waals surface area contributed by atoms with Gasteiger partial charge >= 0.3 is 0 Å². The molecule has 7 nitrogen and oxygen atoms in total. The van der Waals surface area contributed by atoms with E-state index in [9.17, 15) is 0 Å². The third-order valence-corrected chi connectivity index (χ3v) is 5.55. The van der Waals surface area contributed by atoms with E-state index < -0.39 is 0 Å². The lowest BCUT2D eigenvalue weighted by Gasteiger charge is -2.14. The lowest BCUT2D eigenvalue weighted by Crippen LogP contribution is -2.23. The Morgan fingerprint density at radius 1 is 1.04 bits per heavy atom. The molecule has 3 aromatic heterocycles. The summed E-state index contributed by atoms with van der Waals surface area (Å²) in [5.74, 6) is 0.989. The van der Waals surface area contributed by atoms with Crippen LogP contribution in [0.1, 0.15) is 12.8 Å². The number of likely N-dealkylation sites (tertiary alicyclic amines) is 1. The third kappa shape index (κ3) is 3.45. The fraction of sp³-hybridized carbons (Fsp3) is 0.300. The van der Waals surface area contributed by atoms with Crippen LogP contribution in [0.25, 0.3) is 33.9 Å². The van der Waals surface area contributed by atoms with E-state index in [0.29, 0.717) is 11.7 Å². The van der Waals surface area contributed by atoms with Gasteiger partial charge in [0.15, 0.2) is 0 Å². The number of nitrogens with zero attached hydrogens (tertiary/aromatic N) is 6. The summed E-state index contributed by atoms with van der Waals surface area (Å²) in [4.78, 5) is 15.7. The molecule has 0 aliphatic carbocycles. The summed E-state index contributed by atoms with van der Waals surface area (Å²) in [6.45, 7) is 4.45. The molecule has 0 bridgehead atoms. The highest BCUT2D eigenvalue weighted by atomic mass is 79.9. The molecule has 28 heavy (non-hydrogen) atoms. The minimum Gasteiger partial charge on any atom is -0.334 e. The first-order valence-electron chi connectivity index (χ1n) is 9.38. The highest BCUT2D eigenvalue weighted by molar-refractivity contribution is 9.10. The Labute approximate surface area is 170 Å². The highest BCUT2D eigenvalue weighted by Crippen LogP contribution is 2.26. The molecular weight excluding hydrogens is 420 g/mol. The number of hydrogen-bond acceptors (Lipinski definition) is 6. The summed E-state index contributed by atoms with van der Waals surface area (Å²) in [6, 6.07) is 8.01.